The number of esters is 2. The first-order chi connectivity index (χ1) is 14.9. The Balaban J connectivity index is 1.46. The van der Waals surface area contributed by atoms with Crippen LogP contribution in [0.3, 0.4) is 0 Å². The van der Waals surface area contributed by atoms with Gasteiger partial charge in [0.1, 0.15) is 22.1 Å². The van der Waals surface area contributed by atoms with Gasteiger partial charge in [-0.25, -0.2) is 14.6 Å². The second-order valence-corrected chi connectivity index (χ2v) is 9.02. The summed E-state index contributed by atoms with van der Waals surface area (Å²) in [5.74, 6) is -0.269. The number of rotatable bonds is 6. The van der Waals surface area contributed by atoms with Crippen molar-refractivity contribution in [2.24, 2.45) is 0 Å². The Morgan fingerprint density at radius 1 is 1.26 bits per heavy atom. The van der Waals surface area contributed by atoms with Gasteiger partial charge >= 0.3 is 11.9 Å². The molecule has 0 bridgehead atoms. The fourth-order valence-electron chi connectivity index (χ4n) is 3.62. The number of ether oxygens (including phenoxy) is 2. The van der Waals surface area contributed by atoms with Crippen molar-refractivity contribution in [3.05, 3.63) is 37.7 Å². The number of thiophene rings is 1. The predicted molar refractivity (Wildman–Crippen MR) is 116 cm³/mol. The summed E-state index contributed by atoms with van der Waals surface area (Å²) in [7, 11) is 0. The molecule has 164 valence electrons. The molecule has 0 aliphatic carbocycles. The number of hydrogen-bond donors (Lipinski definition) is 0. The van der Waals surface area contributed by atoms with Crippen LogP contribution in [-0.2, 0) is 32.0 Å². The summed E-state index contributed by atoms with van der Waals surface area (Å²) in [6.45, 7) is 4.41. The maximum atomic E-state index is 12.8. The minimum absolute atomic E-state index is 0.0398. The first-order valence-corrected chi connectivity index (χ1v) is 11.7. The molecule has 9 nitrogen and oxygen atoms in total. The highest BCUT2D eigenvalue weighted by Crippen LogP contribution is 2.30. The van der Waals surface area contributed by atoms with Gasteiger partial charge in [-0.3, -0.25) is 14.2 Å². The van der Waals surface area contributed by atoms with Crippen LogP contribution in [0.4, 0.5) is 0 Å². The van der Waals surface area contributed by atoms with Gasteiger partial charge < -0.3 is 14.4 Å². The number of hydrogen-bond acceptors (Lipinski definition) is 9. The molecule has 2 aliphatic heterocycles. The lowest BCUT2D eigenvalue weighted by Gasteiger charge is -2.16. The Labute approximate surface area is 186 Å². The Kier molecular flexibility index (Phi) is 6.15. The van der Waals surface area contributed by atoms with E-state index in [-0.39, 0.29) is 37.0 Å². The van der Waals surface area contributed by atoms with E-state index in [0.717, 1.165) is 30.0 Å². The van der Waals surface area contributed by atoms with Crippen LogP contribution in [-0.4, -0.2) is 57.8 Å². The molecule has 11 heteroatoms. The Morgan fingerprint density at radius 2 is 2.06 bits per heavy atom. The Hall–Kier alpha value is -2.66. The van der Waals surface area contributed by atoms with Crippen molar-refractivity contribution in [1.29, 1.82) is 0 Å². The topological polar surface area (TPSA) is 108 Å². The zero-order valence-electron chi connectivity index (χ0n) is 17.1. The van der Waals surface area contributed by atoms with Gasteiger partial charge in [0.2, 0.25) is 5.91 Å². The van der Waals surface area contributed by atoms with Crippen LogP contribution in [0.5, 0.6) is 0 Å². The van der Waals surface area contributed by atoms with E-state index >= 15 is 0 Å². The predicted octanol–water partition coefficient (Wildman–Crippen LogP) is 1.85. The lowest BCUT2D eigenvalue weighted by Crippen LogP contribution is -2.29. The molecule has 2 aromatic heterocycles. The SMILES string of the molecule is CCOC(=O)/C=C1/SCC(=O)N1CCOC(=O)c1sc2nc3n(c(=O)c2c1C)CCC3. The summed E-state index contributed by atoms with van der Waals surface area (Å²) in [5, 5.41) is 0.942. The standard InChI is InChI=1S/C20H21N3O6S2/c1-3-28-15(25)9-14-23(13(24)10-30-14)7-8-29-20(27)17-11(2)16-18(31-17)21-12-5-4-6-22(12)19(16)26/h9H,3-8,10H2,1-2H3/b14-9+. The van der Waals surface area contributed by atoms with E-state index in [2.05, 4.69) is 4.98 Å². The number of nitrogens with zero attached hydrogens (tertiary/aromatic N) is 3. The molecule has 0 spiro atoms. The third-order valence-corrected chi connectivity index (χ3v) is 7.27. The normalized spacial score (nSPS) is 16.9. The summed E-state index contributed by atoms with van der Waals surface area (Å²) >= 11 is 2.39. The first-order valence-electron chi connectivity index (χ1n) is 9.92. The lowest BCUT2D eigenvalue weighted by atomic mass is 10.2. The molecule has 0 aromatic carbocycles. The maximum absolute atomic E-state index is 12.8. The average molecular weight is 464 g/mol. The summed E-state index contributed by atoms with van der Waals surface area (Å²) in [5.41, 5.74) is 0.458. The van der Waals surface area contributed by atoms with Gasteiger partial charge in [0, 0.05) is 13.0 Å². The van der Waals surface area contributed by atoms with Crippen molar-refractivity contribution in [3.8, 4) is 0 Å². The molecular formula is C20H21N3O6S2. The number of amides is 1. The van der Waals surface area contributed by atoms with Crippen LogP contribution in [0, 0.1) is 6.92 Å². The first kappa shape index (κ1) is 21.6. The van der Waals surface area contributed by atoms with Crippen LogP contribution < -0.4 is 5.56 Å². The Morgan fingerprint density at radius 3 is 2.84 bits per heavy atom. The zero-order chi connectivity index (χ0) is 22.1. The van der Waals surface area contributed by atoms with E-state index < -0.39 is 11.9 Å². The quantitative estimate of drug-likeness (QED) is 0.472. The lowest BCUT2D eigenvalue weighted by molar-refractivity contribution is -0.137. The fraction of sp³-hybridized carbons (Fsp3) is 0.450. The van der Waals surface area contributed by atoms with Gasteiger partial charge in [-0.2, -0.15) is 0 Å². The number of carbonyl (C=O) groups is 3. The summed E-state index contributed by atoms with van der Waals surface area (Å²) in [4.78, 5) is 56.0. The van der Waals surface area contributed by atoms with Gasteiger partial charge in [-0.15, -0.1) is 11.3 Å². The van der Waals surface area contributed by atoms with Gasteiger partial charge in [0.25, 0.3) is 5.56 Å². The third kappa shape index (κ3) is 4.11. The second-order valence-electron chi connectivity index (χ2n) is 7.03. The molecule has 1 fully saturated rings. The molecule has 1 saturated heterocycles. The third-order valence-electron chi connectivity index (χ3n) is 5.08. The summed E-state index contributed by atoms with van der Waals surface area (Å²) < 4.78 is 11.9. The molecule has 4 rings (SSSR count). The molecule has 0 N–H and O–H groups in total. The van der Waals surface area contributed by atoms with Crippen molar-refractivity contribution in [3.63, 3.8) is 0 Å². The van der Waals surface area contributed by atoms with E-state index in [0.29, 0.717) is 32.2 Å². The summed E-state index contributed by atoms with van der Waals surface area (Å²) in [6.07, 6.45) is 2.92. The van der Waals surface area contributed by atoms with Crippen molar-refractivity contribution >= 4 is 51.2 Å². The molecule has 0 saturated carbocycles. The highest BCUT2D eigenvalue weighted by Gasteiger charge is 2.28. The molecule has 0 radical (unpaired) electrons. The van der Waals surface area contributed by atoms with E-state index in [1.807, 2.05) is 0 Å². The van der Waals surface area contributed by atoms with E-state index in [4.69, 9.17) is 9.47 Å². The second kappa shape index (κ2) is 8.83. The monoisotopic (exact) mass is 463 g/mol. The smallest absolute Gasteiger partial charge is 0.348 e. The minimum atomic E-state index is -0.555. The van der Waals surface area contributed by atoms with Crippen molar-refractivity contribution in [2.75, 3.05) is 25.5 Å². The van der Waals surface area contributed by atoms with Crippen molar-refractivity contribution in [1.82, 2.24) is 14.5 Å². The molecular weight excluding hydrogens is 442 g/mol. The van der Waals surface area contributed by atoms with E-state index in [1.54, 1.807) is 18.4 Å². The average Bonchev–Trinajstić information content (AvgIpc) is 3.42. The molecule has 31 heavy (non-hydrogen) atoms. The fourth-order valence-corrected chi connectivity index (χ4v) is 5.66. The van der Waals surface area contributed by atoms with Crippen molar-refractivity contribution in [2.45, 2.75) is 33.2 Å². The maximum Gasteiger partial charge on any atom is 0.348 e. The number of aromatic nitrogens is 2. The zero-order valence-corrected chi connectivity index (χ0v) is 18.8. The van der Waals surface area contributed by atoms with Crippen LogP contribution in [0.2, 0.25) is 0 Å². The number of thioether (sulfide) groups is 1. The van der Waals surface area contributed by atoms with Crippen molar-refractivity contribution < 1.29 is 23.9 Å². The van der Waals surface area contributed by atoms with Gasteiger partial charge in [0.15, 0.2) is 0 Å². The number of aryl methyl sites for hydroxylation is 2. The summed E-state index contributed by atoms with van der Waals surface area (Å²) in [6, 6.07) is 0. The van der Waals surface area contributed by atoms with Gasteiger partial charge in [0.05, 0.1) is 35.4 Å². The number of carbonyl (C=O) groups excluding carboxylic acids is 3. The molecule has 2 aromatic rings. The number of fused-ring (bicyclic) bond motifs is 2. The van der Waals surface area contributed by atoms with E-state index in [9.17, 15) is 19.2 Å². The molecule has 4 heterocycles. The van der Waals surface area contributed by atoms with Crippen LogP contribution in [0.25, 0.3) is 10.2 Å². The minimum Gasteiger partial charge on any atom is -0.463 e. The van der Waals surface area contributed by atoms with Gasteiger partial charge in [-0.05, 0) is 25.8 Å². The Bertz CT molecular complexity index is 1170. The highest BCUT2D eigenvalue weighted by molar-refractivity contribution is 8.04. The largest absolute Gasteiger partial charge is 0.463 e. The molecule has 2 aliphatic rings. The van der Waals surface area contributed by atoms with Crippen LogP contribution >= 0.6 is 23.1 Å². The van der Waals surface area contributed by atoms with Crippen LogP contribution in [0.15, 0.2) is 15.9 Å². The highest BCUT2D eigenvalue weighted by atomic mass is 32.2. The van der Waals surface area contributed by atoms with E-state index in [1.165, 1.54) is 22.7 Å². The van der Waals surface area contributed by atoms with Crippen LogP contribution in [0.1, 0.15) is 34.4 Å². The molecule has 0 atom stereocenters. The molecule has 0 unspecified atom stereocenters. The van der Waals surface area contributed by atoms with Gasteiger partial charge in [-0.1, -0.05) is 11.8 Å². The molecule has 1 amide bonds.